The fraction of sp³-hybridized carbons (Fsp3) is 0.444. The van der Waals surface area contributed by atoms with Gasteiger partial charge in [0.25, 0.3) is 0 Å². The topological polar surface area (TPSA) is 71.7 Å². The second kappa shape index (κ2) is 8.28. The summed E-state index contributed by atoms with van der Waals surface area (Å²) in [6.45, 7) is 2.30. The van der Waals surface area contributed by atoms with E-state index in [1.165, 1.54) is 0 Å². The van der Waals surface area contributed by atoms with Gasteiger partial charge in [0.15, 0.2) is 0 Å². The molecule has 0 saturated heterocycles. The monoisotopic (exact) mass is 198 g/mol. The zero-order valence-corrected chi connectivity index (χ0v) is 8.87. The molecule has 14 heavy (non-hydrogen) atoms. The molecule has 5 nitrogen and oxygen atoms in total. The number of rotatable bonds is 6. The second-order valence-corrected chi connectivity index (χ2v) is 2.49. The number of allylic oxidation sites excluding steroid dienone is 2. The lowest BCUT2D eigenvalue weighted by Gasteiger charge is -2.05. The van der Waals surface area contributed by atoms with Crippen molar-refractivity contribution in [3.8, 4) is 0 Å². The van der Waals surface area contributed by atoms with Crippen LogP contribution in [-0.2, 0) is 4.84 Å². The number of aliphatic imine (C=N–C) groups is 1. The minimum absolute atomic E-state index is 0.462. The lowest BCUT2D eigenvalue weighted by atomic mass is 10.3. The van der Waals surface area contributed by atoms with Crippen molar-refractivity contribution in [1.29, 1.82) is 0 Å². The van der Waals surface area contributed by atoms with E-state index in [-0.39, 0.29) is 0 Å². The van der Waals surface area contributed by atoms with Crippen LogP contribution in [-0.4, -0.2) is 27.0 Å². The zero-order chi connectivity index (χ0) is 10.8. The molecule has 4 N–H and O–H groups in total. The largest absolute Gasteiger partial charge is 0.414 e. The molecule has 0 aromatic heterocycles. The Kier molecular flexibility index (Phi) is 7.49. The van der Waals surface area contributed by atoms with Gasteiger partial charge in [-0.25, -0.2) is 0 Å². The van der Waals surface area contributed by atoms with E-state index >= 15 is 0 Å². The van der Waals surface area contributed by atoms with Crippen LogP contribution < -0.4 is 16.5 Å². The first-order chi connectivity index (χ1) is 6.74. The highest BCUT2D eigenvalue weighted by molar-refractivity contribution is 5.58. The first-order valence-electron chi connectivity index (χ1n) is 4.33. The van der Waals surface area contributed by atoms with Crippen molar-refractivity contribution in [3.05, 3.63) is 23.6 Å². The Morgan fingerprint density at radius 1 is 1.57 bits per heavy atom. The summed E-state index contributed by atoms with van der Waals surface area (Å²) in [5.41, 5.74) is 8.84. The van der Waals surface area contributed by atoms with E-state index in [1.807, 2.05) is 19.1 Å². The summed E-state index contributed by atoms with van der Waals surface area (Å²) in [5.74, 6) is 0.740. The van der Waals surface area contributed by atoms with E-state index in [9.17, 15) is 0 Å². The summed E-state index contributed by atoms with van der Waals surface area (Å²) in [4.78, 5) is 8.85. The molecule has 0 heterocycles. The normalized spacial score (nSPS) is 13.4. The van der Waals surface area contributed by atoms with Gasteiger partial charge in [-0.1, -0.05) is 0 Å². The number of nitrogens with two attached hydrogens (primary N) is 1. The Balaban J connectivity index is 4.35. The van der Waals surface area contributed by atoms with Gasteiger partial charge >= 0.3 is 0 Å². The Hall–Kier alpha value is -1.33. The third-order valence-corrected chi connectivity index (χ3v) is 1.32. The predicted octanol–water partition coefficient (Wildman–Crippen LogP) is 0.132. The quantitative estimate of drug-likeness (QED) is 0.186. The van der Waals surface area contributed by atoms with Crippen molar-refractivity contribution in [1.82, 2.24) is 10.8 Å². The summed E-state index contributed by atoms with van der Waals surface area (Å²) in [6, 6.07) is 0. The number of hydrogen-bond donors (Lipinski definition) is 3. The molecule has 0 amide bonds. The van der Waals surface area contributed by atoms with Crippen LogP contribution in [0, 0.1) is 0 Å². The molecule has 0 aliphatic rings. The first-order valence-corrected chi connectivity index (χ1v) is 4.33. The lowest BCUT2D eigenvalue weighted by Crippen LogP contribution is -2.12. The predicted molar refractivity (Wildman–Crippen MR) is 58.6 cm³/mol. The molecule has 0 aliphatic heterocycles. The van der Waals surface area contributed by atoms with Crippen LogP contribution in [0.3, 0.4) is 0 Å². The Morgan fingerprint density at radius 3 is 2.79 bits per heavy atom. The molecule has 0 aromatic rings. The SMILES string of the molecule is CN=CNC(=C\CN)/C=C(\C)ONC. The minimum atomic E-state index is 0.462. The maximum absolute atomic E-state index is 5.40. The maximum Gasteiger partial charge on any atom is 0.123 e. The number of nitrogens with zero attached hydrogens (tertiary/aromatic N) is 1. The molecule has 0 rings (SSSR count). The molecule has 0 saturated carbocycles. The van der Waals surface area contributed by atoms with Gasteiger partial charge in [0.2, 0.25) is 0 Å². The first kappa shape index (κ1) is 12.7. The molecular formula is C9H18N4O. The summed E-state index contributed by atoms with van der Waals surface area (Å²) < 4.78 is 0. The van der Waals surface area contributed by atoms with E-state index < -0.39 is 0 Å². The van der Waals surface area contributed by atoms with Crippen molar-refractivity contribution in [2.24, 2.45) is 10.7 Å². The molecule has 0 spiro atoms. The molecular weight excluding hydrogens is 180 g/mol. The van der Waals surface area contributed by atoms with Crippen LogP contribution in [0.2, 0.25) is 0 Å². The van der Waals surface area contributed by atoms with Gasteiger partial charge in [0.1, 0.15) is 5.76 Å². The van der Waals surface area contributed by atoms with E-state index in [4.69, 9.17) is 10.6 Å². The standard InChI is InChI=1S/C9H18N4O/c1-8(14-12-3)6-9(4-5-10)13-7-11-2/h4,6-7,12H,5,10H2,1-3H3,(H,11,13)/b8-6+,9-4-. The highest BCUT2D eigenvalue weighted by Crippen LogP contribution is 1.98. The van der Waals surface area contributed by atoms with Gasteiger partial charge in [-0.15, -0.1) is 0 Å². The van der Waals surface area contributed by atoms with Crippen molar-refractivity contribution < 1.29 is 4.84 Å². The lowest BCUT2D eigenvalue weighted by molar-refractivity contribution is 0.128. The third kappa shape index (κ3) is 6.22. The van der Waals surface area contributed by atoms with Crippen LogP contribution in [0.15, 0.2) is 28.6 Å². The molecule has 5 heteroatoms. The number of hydrogen-bond acceptors (Lipinski definition) is 4. The smallest absolute Gasteiger partial charge is 0.123 e. The third-order valence-electron chi connectivity index (χ3n) is 1.32. The molecule has 0 radical (unpaired) electrons. The van der Waals surface area contributed by atoms with Crippen molar-refractivity contribution in [2.75, 3.05) is 20.6 Å². The summed E-state index contributed by atoms with van der Waals surface area (Å²) >= 11 is 0. The Morgan fingerprint density at radius 2 is 2.29 bits per heavy atom. The van der Waals surface area contributed by atoms with Crippen LogP contribution in [0.25, 0.3) is 0 Å². The molecule has 0 aliphatic carbocycles. The van der Waals surface area contributed by atoms with E-state index in [1.54, 1.807) is 20.4 Å². The highest BCUT2D eigenvalue weighted by Gasteiger charge is 1.92. The fourth-order valence-electron chi connectivity index (χ4n) is 0.835. The molecule has 0 bridgehead atoms. The van der Waals surface area contributed by atoms with Crippen molar-refractivity contribution in [2.45, 2.75) is 6.92 Å². The Labute approximate surface area is 84.7 Å². The van der Waals surface area contributed by atoms with E-state index in [0.29, 0.717) is 6.54 Å². The fourth-order valence-corrected chi connectivity index (χ4v) is 0.835. The van der Waals surface area contributed by atoms with Gasteiger partial charge in [-0.05, 0) is 13.0 Å². The molecule has 0 aromatic carbocycles. The van der Waals surface area contributed by atoms with Crippen LogP contribution in [0.1, 0.15) is 6.92 Å². The number of nitrogens with one attached hydrogen (secondary N) is 2. The van der Waals surface area contributed by atoms with E-state index in [2.05, 4.69) is 15.8 Å². The second-order valence-electron chi connectivity index (χ2n) is 2.49. The number of hydroxylamine groups is 1. The highest BCUT2D eigenvalue weighted by atomic mass is 16.6. The minimum Gasteiger partial charge on any atom is -0.414 e. The summed E-state index contributed by atoms with van der Waals surface area (Å²) in [5, 5.41) is 2.96. The molecule has 0 unspecified atom stereocenters. The van der Waals surface area contributed by atoms with Crippen LogP contribution in [0.4, 0.5) is 0 Å². The van der Waals surface area contributed by atoms with Crippen molar-refractivity contribution in [3.63, 3.8) is 0 Å². The van der Waals surface area contributed by atoms with E-state index in [0.717, 1.165) is 11.5 Å². The summed E-state index contributed by atoms with van der Waals surface area (Å²) in [6.07, 6.45) is 5.25. The van der Waals surface area contributed by atoms with Crippen molar-refractivity contribution >= 4 is 6.34 Å². The maximum atomic E-state index is 5.40. The van der Waals surface area contributed by atoms with Crippen LogP contribution in [0.5, 0.6) is 0 Å². The molecule has 80 valence electrons. The molecule has 0 atom stereocenters. The summed E-state index contributed by atoms with van der Waals surface area (Å²) in [7, 11) is 3.39. The van der Waals surface area contributed by atoms with Gasteiger partial charge in [-0.2, -0.15) is 5.48 Å². The van der Waals surface area contributed by atoms with Gasteiger partial charge in [0, 0.05) is 32.4 Å². The van der Waals surface area contributed by atoms with Gasteiger partial charge in [-0.3, -0.25) is 4.99 Å². The average Bonchev–Trinajstić information content (AvgIpc) is 2.15. The molecule has 0 fully saturated rings. The van der Waals surface area contributed by atoms with Gasteiger partial charge in [0.05, 0.1) is 6.34 Å². The van der Waals surface area contributed by atoms with Crippen LogP contribution >= 0.6 is 0 Å². The zero-order valence-electron chi connectivity index (χ0n) is 8.87. The Bertz CT molecular complexity index is 233. The average molecular weight is 198 g/mol. The van der Waals surface area contributed by atoms with Gasteiger partial charge < -0.3 is 15.9 Å².